The van der Waals surface area contributed by atoms with E-state index in [1.165, 1.54) is 18.2 Å². The third kappa shape index (κ3) is 2.63. The molecule has 5 heteroatoms. The van der Waals surface area contributed by atoms with Crippen LogP contribution < -0.4 is 10.6 Å². The molecule has 0 spiro atoms. The summed E-state index contributed by atoms with van der Waals surface area (Å²) in [5.74, 6) is -0.779. The van der Waals surface area contributed by atoms with E-state index in [2.05, 4.69) is 15.6 Å². The monoisotopic (exact) mass is 245 g/mol. The molecule has 1 amide bonds. The molecule has 0 saturated carbocycles. The van der Waals surface area contributed by atoms with E-state index in [1.807, 2.05) is 6.07 Å². The molecule has 4 nitrogen and oxygen atoms in total. The van der Waals surface area contributed by atoms with Crippen LogP contribution in [-0.4, -0.2) is 17.9 Å². The maximum atomic E-state index is 12.9. The summed E-state index contributed by atoms with van der Waals surface area (Å²) in [6.07, 6.45) is 0. The smallest absolute Gasteiger partial charge is 0.258 e. The predicted octanol–water partition coefficient (Wildman–Crippen LogP) is 2.51. The minimum absolute atomic E-state index is 0.186. The van der Waals surface area contributed by atoms with Crippen molar-refractivity contribution < 1.29 is 9.18 Å². The molecule has 0 aliphatic rings. The van der Waals surface area contributed by atoms with E-state index in [9.17, 15) is 9.18 Å². The maximum Gasteiger partial charge on any atom is 0.258 e. The van der Waals surface area contributed by atoms with Gasteiger partial charge in [-0.1, -0.05) is 18.2 Å². The lowest BCUT2D eigenvalue weighted by Gasteiger charge is -2.08. The van der Waals surface area contributed by atoms with E-state index < -0.39 is 5.95 Å². The minimum atomic E-state index is -0.630. The fourth-order valence-electron chi connectivity index (χ4n) is 1.56. The van der Waals surface area contributed by atoms with Gasteiger partial charge in [0.2, 0.25) is 5.95 Å². The zero-order valence-electron chi connectivity index (χ0n) is 9.77. The highest BCUT2D eigenvalue weighted by Crippen LogP contribution is 2.15. The van der Waals surface area contributed by atoms with Crippen molar-refractivity contribution in [2.24, 2.45) is 0 Å². The lowest BCUT2D eigenvalue weighted by molar-refractivity contribution is 0.102. The summed E-state index contributed by atoms with van der Waals surface area (Å²) < 4.78 is 12.9. The van der Waals surface area contributed by atoms with Gasteiger partial charge in [0.1, 0.15) is 5.82 Å². The highest BCUT2D eigenvalue weighted by molar-refractivity contribution is 6.07. The van der Waals surface area contributed by atoms with Crippen molar-refractivity contribution in [3.8, 4) is 0 Å². The second-order valence-electron chi connectivity index (χ2n) is 3.60. The first kappa shape index (κ1) is 12.0. The lowest BCUT2D eigenvalue weighted by atomic mass is 10.1. The molecular weight excluding hydrogens is 233 g/mol. The van der Waals surface area contributed by atoms with Crippen LogP contribution in [0.2, 0.25) is 0 Å². The van der Waals surface area contributed by atoms with Crippen LogP contribution >= 0.6 is 0 Å². The molecule has 0 atom stereocenters. The number of benzene rings is 1. The van der Waals surface area contributed by atoms with E-state index in [4.69, 9.17) is 0 Å². The van der Waals surface area contributed by atoms with Gasteiger partial charge in [0, 0.05) is 12.7 Å². The molecule has 1 aromatic heterocycles. The molecule has 0 aliphatic carbocycles. The number of carbonyl (C=O) groups excluding carboxylic acids is 1. The predicted molar refractivity (Wildman–Crippen MR) is 68.1 cm³/mol. The molecule has 0 aliphatic heterocycles. The van der Waals surface area contributed by atoms with Gasteiger partial charge in [-0.05, 0) is 24.3 Å². The largest absolute Gasteiger partial charge is 0.387 e. The van der Waals surface area contributed by atoms with E-state index in [-0.39, 0.29) is 11.7 Å². The summed E-state index contributed by atoms with van der Waals surface area (Å²) in [6.45, 7) is 0. The van der Waals surface area contributed by atoms with Gasteiger partial charge in [0.05, 0.1) is 5.56 Å². The molecule has 0 fully saturated rings. The number of nitrogens with one attached hydrogen (secondary N) is 2. The van der Waals surface area contributed by atoms with Crippen LogP contribution in [0.25, 0.3) is 0 Å². The first-order valence-corrected chi connectivity index (χ1v) is 5.41. The molecule has 1 aromatic carbocycles. The van der Waals surface area contributed by atoms with Gasteiger partial charge in [-0.3, -0.25) is 4.79 Å². The van der Waals surface area contributed by atoms with Crippen LogP contribution in [0.1, 0.15) is 10.4 Å². The second-order valence-corrected chi connectivity index (χ2v) is 3.60. The lowest BCUT2D eigenvalue weighted by Crippen LogP contribution is -2.15. The Morgan fingerprint density at radius 1 is 1.17 bits per heavy atom. The summed E-state index contributed by atoms with van der Waals surface area (Å²) in [7, 11) is 1.73. The highest BCUT2D eigenvalue weighted by Gasteiger charge is 2.10. The van der Waals surface area contributed by atoms with Crippen molar-refractivity contribution >= 4 is 17.4 Å². The topological polar surface area (TPSA) is 54.0 Å². The number of nitrogens with zero attached hydrogens (tertiary/aromatic N) is 1. The van der Waals surface area contributed by atoms with Crippen LogP contribution in [0.4, 0.5) is 15.9 Å². The van der Waals surface area contributed by atoms with Gasteiger partial charge < -0.3 is 10.6 Å². The third-order valence-corrected chi connectivity index (χ3v) is 2.40. The van der Waals surface area contributed by atoms with Gasteiger partial charge in [-0.25, -0.2) is 4.98 Å². The molecule has 0 saturated heterocycles. The Balaban J connectivity index is 2.22. The molecule has 2 rings (SSSR count). The molecule has 0 unspecified atom stereocenters. The number of amides is 1. The van der Waals surface area contributed by atoms with E-state index in [0.717, 1.165) is 0 Å². The fraction of sp³-hybridized carbons (Fsp3) is 0.0769. The van der Waals surface area contributed by atoms with Crippen LogP contribution in [0.15, 0.2) is 42.5 Å². The summed E-state index contributed by atoms with van der Waals surface area (Å²) in [6, 6.07) is 11.3. The number of carbonyl (C=O) groups is 1. The number of aromatic nitrogens is 1. The Morgan fingerprint density at radius 2 is 1.94 bits per heavy atom. The van der Waals surface area contributed by atoms with Gasteiger partial charge in [0.15, 0.2) is 0 Å². The molecule has 1 heterocycles. The highest BCUT2D eigenvalue weighted by atomic mass is 19.1. The normalized spacial score (nSPS) is 9.89. The Morgan fingerprint density at radius 3 is 2.67 bits per heavy atom. The van der Waals surface area contributed by atoms with Gasteiger partial charge in [-0.15, -0.1) is 0 Å². The molecule has 0 radical (unpaired) electrons. The Hall–Kier alpha value is -2.43. The van der Waals surface area contributed by atoms with Crippen LogP contribution in [0.3, 0.4) is 0 Å². The Bertz CT molecular complexity index is 572. The molecule has 2 N–H and O–H groups in total. The third-order valence-electron chi connectivity index (χ3n) is 2.40. The SMILES string of the molecule is CNc1ccccc1C(=O)Nc1cccc(F)n1. The van der Waals surface area contributed by atoms with Crippen LogP contribution in [-0.2, 0) is 0 Å². The van der Waals surface area contributed by atoms with Gasteiger partial charge >= 0.3 is 0 Å². The molecule has 0 bridgehead atoms. The molecular formula is C13H12FN3O. The van der Waals surface area contributed by atoms with Gasteiger partial charge in [-0.2, -0.15) is 4.39 Å². The number of halogens is 1. The van der Waals surface area contributed by atoms with Gasteiger partial charge in [0.25, 0.3) is 5.91 Å². The number of anilines is 2. The van der Waals surface area contributed by atoms with E-state index in [0.29, 0.717) is 11.3 Å². The minimum Gasteiger partial charge on any atom is -0.387 e. The number of hydrogen-bond donors (Lipinski definition) is 2. The average Bonchev–Trinajstić information content (AvgIpc) is 2.38. The maximum absolute atomic E-state index is 12.9. The number of rotatable bonds is 3. The van der Waals surface area contributed by atoms with Crippen LogP contribution in [0, 0.1) is 5.95 Å². The summed E-state index contributed by atoms with van der Waals surface area (Å²) in [5.41, 5.74) is 1.18. The van der Waals surface area contributed by atoms with Crippen molar-refractivity contribution in [2.45, 2.75) is 0 Å². The van der Waals surface area contributed by atoms with Crippen LogP contribution in [0.5, 0.6) is 0 Å². The Labute approximate surface area is 104 Å². The van der Waals surface area contributed by atoms with E-state index >= 15 is 0 Å². The standard InChI is InChI=1S/C13H12FN3O/c1-15-10-6-3-2-5-9(10)13(18)17-12-8-4-7-11(14)16-12/h2-8,15H,1H3,(H,16,17,18). The zero-order chi connectivity index (χ0) is 13.0. The average molecular weight is 245 g/mol. The summed E-state index contributed by atoms with van der Waals surface area (Å²) >= 11 is 0. The van der Waals surface area contributed by atoms with Crippen molar-refractivity contribution in [2.75, 3.05) is 17.7 Å². The van der Waals surface area contributed by atoms with Crippen molar-refractivity contribution in [3.63, 3.8) is 0 Å². The fourth-order valence-corrected chi connectivity index (χ4v) is 1.56. The van der Waals surface area contributed by atoms with Crippen molar-refractivity contribution in [3.05, 3.63) is 54.0 Å². The number of hydrogen-bond acceptors (Lipinski definition) is 3. The molecule has 92 valence electrons. The first-order chi connectivity index (χ1) is 8.70. The second kappa shape index (κ2) is 5.27. The molecule has 2 aromatic rings. The van der Waals surface area contributed by atoms with Crippen molar-refractivity contribution in [1.29, 1.82) is 0 Å². The quantitative estimate of drug-likeness (QED) is 0.817. The molecule has 18 heavy (non-hydrogen) atoms. The van der Waals surface area contributed by atoms with E-state index in [1.54, 1.807) is 25.2 Å². The number of para-hydroxylation sites is 1. The first-order valence-electron chi connectivity index (χ1n) is 5.41. The summed E-state index contributed by atoms with van der Waals surface area (Å²) in [5, 5.41) is 5.46. The summed E-state index contributed by atoms with van der Waals surface area (Å²) in [4.78, 5) is 15.6. The Kier molecular flexibility index (Phi) is 3.52. The number of pyridine rings is 1. The van der Waals surface area contributed by atoms with Crippen molar-refractivity contribution in [1.82, 2.24) is 4.98 Å². The zero-order valence-corrected chi connectivity index (χ0v) is 9.77.